The first-order chi connectivity index (χ1) is 20.5. The van der Waals surface area contributed by atoms with Gasteiger partial charge in [0.25, 0.3) is 5.91 Å². The van der Waals surface area contributed by atoms with E-state index in [9.17, 15) is 10.1 Å². The lowest BCUT2D eigenvalue weighted by Gasteiger charge is -2.08. The summed E-state index contributed by atoms with van der Waals surface area (Å²) in [5, 5.41) is 18.1. The van der Waals surface area contributed by atoms with Crippen LogP contribution >= 0.6 is 11.6 Å². The predicted molar refractivity (Wildman–Crippen MR) is 165 cm³/mol. The van der Waals surface area contributed by atoms with Gasteiger partial charge in [-0.25, -0.2) is 4.68 Å². The standard InChI is InChI=1S/C34H27ClN4O3/c1-2-41-30-18-14-28(15-19-30)37-34(40)26(21-36)20-27-22-39(29-9-4-3-5-10-29)38-33(27)24-12-16-31(17-13-24)42-23-25-8-6-7-11-32(25)35/h3-20,22H,2,23H2,1H3,(H,37,40)/b26-20+. The van der Waals surface area contributed by atoms with Crippen LogP contribution in [0.2, 0.25) is 5.02 Å². The van der Waals surface area contributed by atoms with E-state index in [1.165, 1.54) is 0 Å². The summed E-state index contributed by atoms with van der Waals surface area (Å²) >= 11 is 6.25. The Labute approximate surface area is 249 Å². The first-order valence-corrected chi connectivity index (χ1v) is 13.7. The summed E-state index contributed by atoms with van der Waals surface area (Å²) in [6, 6.07) is 33.7. The quantitative estimate of drug-likeness (QED) is 0.136. The minimum atomic E-state index is -0.525. The molecule has 7 nitrogen and oxygen atoms in total. The van der Waals surface area contributed by atoms with E-state index in [1.54, 1.807) is 41.2 Å². The number of hydrogen-bond acceptors (Lipinski definition) is 5. The van der Waals surface area contributed by atoms with Crippen LogP contribution in [0.3, 0.4) is 0 Å². The van der Waals surface area contributed by atoms with E-state index in [1.807, 2.05) is 91.9 Å². The van der Waals surface area contributed by atoms with E-state index < -0.39 is 5.91 Å². The van der Waals surface area contributed by atoms with Crippen LogP contribution in [0, 0.1) is 11.3 Å². The van der Waals surface area contributed by atoms with Gasteiger partial charge in [-0.2, -0.15) is 10.4 Å². The smallest absolute Gasteiger partial charge is 0.266 e. The molecule has 42 heavy (non-hydrogen) atoms. The number of carbonyl (C=O) groups excluding carboxylic acids is 1. The molecule has 1 heterocycles. The number of benzene rings is 4. The van der Waals surface area contributed by atoms with E-state index in [0.29, 0.717) is 46.7 Å². The predicted octanol–water partition coefficient (Wildman–Crippen LogP) is 7.72. The highest BCUT2D eigenvalue weighted by Crippen LogP contribution is 2.28. The Balaban J connectivity index is 1.42. The van der Waals surface area contributed by atoms with Gasteiger partial charge in [-0.1, -0.05) is 48.0 Å². The van der Waals surface area contributed by atoms with Gasteiger partial charge in [0.15, 0.2) is 0 Å². The Morgan fingerprint density at radius 1 is 0.929 bits per heavy atom. The second kappa shape index (κ2) is 13.4. The van der Waals surface area contributed by atoms with Crippen molar-refractivity contribution >= 4 is 29.3 Å². The molecule has 0 unspecified atom stereocenters. The van der Waals surface area contributed by atoms with E-state index in [0.717, 1.165) is 16.8 Å². The van der Waals surface area contributed by atoms with Gasteiger partial charge in [0.2, 0.25) is 0 Å². The number of nitrogens with zero attached hydrogens (tertiary/aromatic N) is 3. The maximum Gasteiger partial charge on any atom is 0.266 e. The van der Waals surface area contributed by atoms with Crippen LogP contribution in [-0.2, 0) is 11.4 Å². The lowest BCUT2D eigenvalue weighted by Crippen LogP contribution is -2.13. The molecule has 1 N–H and O–H groups in total. The van der Waals surface area contributed by atoms with Crippen LogP contribution in [-0.4, -0.2) is 22.3 Å². The molecule has 4 aromatic carbocycles. The van der Waals surface area contributed by atoms with Gasteiger partial charge in [0.05, 0.1) is 18.0 Å². The minimum Gasteiger partial charge on any atom is -0.494 e. The van der Waals surface area contributed by atoms with E-state index in [2.05, 4.69) is 5.32 Å². The summed E-state index contributed by atoms with van der Waals surface area (Å²) < 4.78 is 13.1. The molecule has 0 bridgehead atoms. The molecular weight excluding hydrogens is 548 g/mol. The van der Waals surface area contributed by atoms with Crippen LogP contribution in [0.25, 0.3) is 23.0 Å². The number of halogens is 1. The fourth-order valence-corrected chi connectivity index (χ4v) is 4.41. The lowest BCUT2D eigenvalue weighted by atomic mass is 10.1. The van der Waals surface area contributed by atoms with Gasteiger partial charge in [-0.05, 0) is 79.7 Å². The van der Waals surface area contributed by atoms with Crippen molar-refractivity contribution in [3.05, 3.63) is 131 Å². The number of carbonyl (C=O) groups is 1. The van der Waals surface area contributed by atoms with E-state index >= 15 is 0 Å². The van der Waals surface area contributed by atoms with Crippen LogP contribution < -0.4 is 14.8 Å². The SMILES string of the molecule is CCOc1ccc(NC(=O)/C(C#N)=C/c2cn(-c3ccccc3)nc2-c2ccc(OCc3ccccc3Cl)cc2)cc1. The highest BCUT2D eigenvalue weighted by atomic mass is 35.5. The average Bonchev–Trinajstić information content (AvgIpc) is 3.45. The number of nitriles is 1. The molecule has 0 spiro atoms. The average molecular weight is 575 g/mol. The molecule has 1 aromatic heterocycles. The number of ether oxygens (including phenoxy) is 2. The van der Waals surface area contributed by atoms with Gasteiger partial charge >= 0.3 is 0 Å². The molecule has 0 radical (unpaired) electrons. The molecule has 5 aromatic rings. The summed E-state index contributed by atoms with van der Waals surface area (Å²) in [7, 11) is 0. The molecule has 5 rings (SSSR count). The normalized spacial score (nSPS) is 11.0. The third kappa shape index (κ3) is 6.87. The maximum atomic E-state index is 13.1. The van der Waals surface area contributed by atoms with Crippen molar-refractivity contribution in [2.75, 3.05) is 11.9 Å². The molecule has 8 heteroatoms. The minimum absolute atomic E-state index is 0.0579. The molecule has 0 aliphatic carbocycles. The summed E-state index contributed by atoms with van der Waals surface area (Å²) in [6.45, 7) is 2.79. The fraction of sp³-hybridized carbons (Fsp3) is 0.0882. The Bertz CT molecular complexity index is 1740. The van der Waals surface area contributed by atoms with Crippen molar-refractivity contribution in [3.63, 3.8) is 0 Å². The molecule has 0 aliphatic heterocycles. The molecule has 208 valence electrons. The van der Waals surface area contributed by atoms with E-state index in [-0.39, 0.29) is 5.57 Å². The Hall–Kier alpha value is -5.32. The number of para-hydroxylation sites is 1. The molecule has 0 saturated carbocycles. The zero-order chi connectivity index (χ0) is 29.3. The Morgan fingerprint density at radius 3 is 2.29 bits per heavy atom. The molecular formula is C34H27ClN4O3. The second-order valence-electron chi connectivity index (χ2n) is 9.20. The van der Waals surface area contributed by atoms with Crippen molar-refractivity contribution < 1.29 is 14.3 Å². The van der Waals surface area contributed by atoms with Crippen LogP contribution in [0.4, 0.5) is 5.69 Å². The first-order valence-electron chi connectivity index (χ1n) is 13.3. The maximum absolute atomic E-state index is 13.1. The number of aromatic nitrogens is 2. The van der Waals surface area contributed by atoms with Crippen molar-refractivity contribution in [1.82, 2.24) is 9.78 Å². The number of amides is 1. The molecule has 0 aliphatic rings. The number of rotatable bonds is 10. The monoisotopic (exact) mass is 574 g/mol. The second-order valence-corrected chi connectivity index (χ2v) is 9.61. The largest absolute Gasteiger partial charge is 0.494 e. The van der Waals surface area contributed by atoms with Gasteiger partial charge < -0.3 is 14.8 Å². The number of anilines is 1. The fourth-order valence-electron chi connectivity index (χ4n) is 4.22. The number of nitrogens with one attached hydrogen (secondary N) is 1. The topological polar surface area (TPSA) is 89.2 Å². The van der Waals surface area contributed by atoms with Crippen molar-refractivity contribution in [3.8, 4) is 34.5 Å². The van der Waals surface area contributed by atoms with Crippen molar-refractivity contribution in [2.45, 2.75) is 13.5 Å². The highest BCUT2D eigenvalue weighted by Gasteiger charge is 2.16. The molecule has 0 fully saturated rings. The summed E-state index contributed by atoms with van der Waals surface area (Å²) in [6.07, 6.45) is 3.35. The van der Waals surface area contributed by atoms with Crippen molar-refractivity contribution in [2.24, 2.45) is 0 Å². The van der Waals surface area contributed by atoms with Crippen LogP contribution in [0.15, 0.2) is 115 Å². The first kappa shape index (κ1) is 28.2. The van der Waals surface area contributed by atoms with Gasteiger partial charge in [0, 0.05) is 33.6 Å². The van der Waals surface area contributed by atoms with Crippen LogP contribution in [0.1, 0.15) is 18.1 Å². The molecule has 0 saturated heterocycles. The zero-order valence-corrected chi connectivity index (χ0v) is 23.6. The molecule has 1 amide bonds. The third-order valence-electron chi connectivity index (χ3n) is 6.33. The van der Waals surface area contributed by atoms with Crippen LogP contribution in [0.5, 0.6) is 11.5 Å². The lowest BCUT2D eigenvalue weighted by molar-refractivity contribution is -0.112. The highest BCUT2D eigenvalue weighted by molar-refractivity contribution is 6.31. The Morgan fingerprint density at radius 2 is 1.60 bits per heavy atom. The van der Waals surface area contributed by atoms with Gasteiger partial charge in [0.1, 0.15) is 29.7 Å². The van der Waals surface area contributed by atoms with Gasteiger partial charge in [-0.3, -0.25) is 4.79 Å². The van der Waals surface area contributed by atoms with Gasteiger partial charge in [-0.15, -0.1) is 0 Å². The zero-order valence-electron chi connectivity index (χ0n) is 22.8. The summed E-state index contributed by atoms with van der Waals surface area (Å²) in [4.78, 5) is 13.1. The molecule has 0 atom stereocenters. The summed E-state index contributed by atoms with van der Waals surface area (Å²) in [5.74, 6) is 0.846. The summed E-state index contributed by atoms with van der Waals surface area (Å²) in [5.41, 5.74) is 4.25. The van der Waals surface area contributed by atoms with Crippen molar-refractivity contribution in [1.29, 1.82) is 5.26 Å². The van der Waals surface area contributed by atoms with E-state index in [4.69, 9.17) is 26.2 Å². The number of hydrogen-bond donors (Lipinski definition) is 1. The Kier molecular flexibility index (Phi) is 8.97. The third-order valence-corrected chi connectivity index (χ3v) is 6.70.